The number of aromatic nitrogens is 2. The molecule has 0 bridgehead atoms. The third-order valence-corrected chi connectivity index (χ3v) is 5.48. The van der Waals surface area contributed by atoms with Gasteiger partial charge < -0.3 is 19.9 Å². The molecule has 2 fully saturated rings. The lowest BCUT2D eigenvalue weighted by Crippen LogP contribution is -2.55. The van der Waals surface area contributed by atoms with Gasteiger partial charge in [0.05, 0.1) is 12.2 Å². The van der Waals surface area contributed by atoms with E-state index in [2.05, 4.69) is 29.2 Å². The Labute approximate surface area is 184 Å². The fraction of sp³-hybridized carbons (Fsp3) is 0.737. The van der Waals surface area contributed by atoms with Crippen LogP contribution in [0.4, 0.5) is 0 Å². The predicted octanol–water partition coefficient (Wildman–Crippen LogP) is 1.44. The van der Waals surface area contributed by atoms with Crippen LogP contribution in [0.1, 0.15) is 36.7 Å². The second-order valence-corrected chi connectivity index (χ2v) is 7.26. The molecule has 1 unspecified atom stereocenters. The van der Waals surface area contributed by atoms with Crippen molar-refractivity contribution in [2.45, 2.75) is 46.3 Å². The van der Waals surface area contributed by atoms with Crippen LogP contribution in [-0.2, 0) is 23.1 Å². The lowest BCUT2D eigenvalue weighted by atomic mass is 10.2. The molecule has 2 aliphatic rings. The van der Waals surface area contributed by atoms with Crippen molar-refractivity contribution >= 4 is 35.8 Å². The summed E-state index contributed by atoms with van der Waals surface area (Å²) in [7, 11) is 1.96. The molecule has 1 aromatic rings. The molecule has 158 valence electrons. The van der Waals surface area contributed by atoms with Gasteiger partial charge in [0, 0.05) is 57.6 Å². The van der Waals surface area contributed by atoms with Crippen LogP contribution in [0.25, 0.3) is 0 Å². The minimum atomic E-state index is -0.227. The van der Waals surface area contributed by atoms with Crippen LogP contribution < -0.4 is 5.32 Å². The Balaban J connectivity index is 0.00000280. The van der Waals surface area contributed by atoms with Crippen molar-refractivity contribution in [2.75, 3.05) is 39.3 Å². The molecule has 3 heterocycles. The van der Waals surface area contributed by atoms with Gasteiger partial charge in [-0.05, 0) is 33.6 Å². The highest BCUT2D eigenvalue weighted by atomic mass is 127. The fourth-order valence-electron chi connectivity index (χ4n) is 3.74. The van der Waals surface area contributed by atoms with E-state index < -0.39 is 0 Å². The second kappa shape index (κ2) is 10.4. The van der Waals surface area contributed by atoms with Crippen molar-refractivity contribution < 1.29 is 9.53 Å². The van der Waals surface area contributed by atoms with Crippen LogP contribution in [0.3, 0.4) is 0 Å². The van der Waals surface area contributed by atoms with Gasteiger partial charge in [0.15, 0.2) is 5.96 Å². The van der Waals surface area contributed by atoms with Gasteiger partial charge in [-0.1, -0.05) is 0 Å². The van der Waals surface area contributed by atoms with Crippen LogP contribution >= 0.6 is 24.0 Å². The van der Waals surface area contributed by atoms with Crippen molar-refractivity contribution in [2.24, 2.45) is 12.0 Å². The molecule has 3 rings (SSSR count). The zero-order chi connectivity index (χ0) is 19.4. The van der Waals surface area contributed by atoms with E-state index in [1.807, 2.05) is 23.6 Å². The van der Waals surface area contributed by atoms with E-state index in [4.69, 9.17) is 9.73 Å². The summed E-state index contributed by atoms with van der Waals surface area (Å²) >= 11 is 0. The average molecular weight is 504 g/mol. The third-order valence-electron chi connectivity index (χ3n) is 5.48. The van der Waals surface area contributed by atoms with E-state index in [1.165, 1.54) is 5.56 Å². The number of hydrogen-bond acceptors (Lipinski definition) is 4. The van der Waals surface area contributed by atoms with Gasteiger partial charge >= 0.3 is 0 Å². The number of nitrogens with zero attached hydrogens (tertiary/aromatic N) is 5. The summed E-state index contributed by atoms with van der Waals surface area (Å²) in [5, 5.41) is 7.86. The zero-order valence-corrected chi connectivity index (χ0v) is 19.7. The molecule has 1 N–H and O–H groups in total. The summed E-state index contributed by atoms with van der Waals surface area (Å²) < 4.78 is 7.45. The summed E-state index contributed by atoms with van der Waals surface area (Å²) in [6, 6.07) is 0. The molecule has 0 saturated carbocycles. The number of guanidine groups is 1. The Morgan fingerprint density at radius 2 is 1.93 bits per heavy atom. The predicted molar refractivity (Wildman–Crippen MR) is 120 cm³/mol. The molecular formula is C19H33IN6O2. The molecule has 28 heavy (non-hydrogen) atoms. The van der Waals surface area contributed by atoms with Gasteiger partial charge in [-0.15, -0.1) is 24.0 Å². The molecular weight excluding hydrogens is 471 g/mol. The standard InChI is InChI=1S/C19H32N6O2.HI/c1-5-20-19(21-13-16-14(2)22-23(4)15(16)3)25-10-8-24(9-11-25)18(26)17-7-6-12-27-17;/h17H,5-13H2,1-4H3,(H,20,21);1H. The number of ether oxygens (including phenoxy) is 1. The van der Waals surface area contributed by atoms with Gasteiger partial charge in [-0.3, -0.25) is 9.48 Å². The van der Waals surface area contributed by atoms with Crippen LogP contribution in [0.2, 0.25) is 0 Å². The van der Waals surface area contributed by atoms with Crippen LogP contribution in [0, 0.1) is 13.8 Å². The summed E-state index contributed by atoms with van der Waals surface area (Å²) in [5.74, 6) is 1.06. The molecule has 1 aromatic heterocycles. The van der Waals surface area contributed by atoms with Crippen molar-refractivity contribution in [3.63, 3.8) is 0 Å². The van der Waals surface area contributed by atoms with Gasteiger partial charge in [0.2, 0.25) is 0 Å². The topological polar surface area (TPSA) is 75.0 Å². The number of amides is 1. The minimum Gasteiger partial charge on any atom is -0.368 e. The molecule has 0 spiro atoms. The lowest BCUT2D eigenvalue weighted by Gasteiger charge is -2.37. The Bertz CT molecular complexity index is 691. The minimum absolute atomic E-state index is 0. The molecule has 0 aromatic carbocycles. The highest BCUT2D eigenvalue weighted by Gasteiger charge is 2.30. The number of carbonyl (C=O) groups is 1. The van der Waals surface area contributed by atoms with Crippen molar-refractivity contribution in [1.82, 2.24) is 24.9 Å². The number of nitrogens with one attached hydrogen (secondary N) is 1. The normalized spacial score (nSPS) is 20.3. The first-order valence-electron chi connectivity index (χ1n) is 9.94. The highest BCUT2D eigenvalue weighted by molar-refractivity contribution is 14.0. The maximum absolute atomic E-state index is 12.5. The van der Waals surface area contributed by atoms with E-state index in [0.717, 1.165) is 49.8 Å². The number of carbonyl (C=O) groups excluding carboxylic acids is 1. The first-order valence-corrected chi connectivity index (χ1v) is 9.94. The van der Waals surface area contributed by atoms with Crippen LogP contribution in [-0.4, -0.2) is 76.9 Å². The first kappa shape index (κ1) is 22.9. The molecule has 2 aliphatic heterocycles. The lowest BCUT2D eigenvalue weighted by molar-refractivity contribution is -0.142. The first-order chi connectivity index (χ1) is 13.0. The van der Waals surface area contributed by atoms with Crippen molar-refractivity contribution in [3.05, 3.63) is 17.0 Å². The van der Waals surface area contributed by atoms with Gasteiger partial charge in [0.1, 0.15) is 6.10 Å². The second-order valence-electron chi connectivity index (χ2n) is 7.26. The average Bonchev–Trinajstić information content (AvgIpc) is 3.28. The molecule has 1 amide bonds. The Morgan fingerprint density at radius 1 is 1.25 bits per heavy atom. The van der Waals surface area contributed by atoms with Gasteiger partial charge in [0.25, 0.3) is 5.91 Å². The molecule has 8 nitrogen and oxygen atoms in total. The van der Waals surface area contributed by atoms with E-state index in [-0.39, 0.29) is 36.0 Å². The monoisotopic (exact) mass is 504 g/mol. The number of rotatable bonds is 4. The van der Waals surface area contributed by atoms with E-state index in [0.29, 0.717) is 26.2 Å². The fourth-order valence-corrected chi connectivity index (χ4v) is 3.74. The Hall–Kier alpha value is -1.36. The molecule has 9 heteroatoms. The maximum Gasteiger partial charge on any atom is 0.251 e. The number of piperazine rings is 1. The third kappa shape index (κ3) is 5.16. The highest BCUT2D eigenvalue weighted by Crippen LogP contribution is 2.17. The number of aryl methyl sites for hydroxylation is 2. The Kier molecular flexibility index (Phi) is 8.54. The van der Waals surface area contributed by atoms with Crippen LogP contribution in [0.5, 0.6) is 0 Å². The zero-order valence-electron chi connectivity index (χ0n) is 17.4. The van der Waals surface area contributed by atoms with Crippen molar-refractivity contribution in [1.29, 1.82) is 0 Å². The van der Waals surface area contributed by atoms with Crippen molar-refractivity contribution in [3.8, 4) is 0 Å². The number of halogens is 1. The van der Waals surface area contributed by atoms with E-state index >= 15 is 0 Å². The van der Waals surface area contributed by atoms with E-state index in [1.54, 1.807) is 0 Å². The molecule has 2 saturated heterocycles. The van der Waals surface area contributed by atoms with Crippen LogP contribution in [0.15, 0.2) is 4.99 Å². The summed E-state index contributed by atoms with van der Waals surface area (Å²) in [4.78, 5) is 21.5. The quantitative estimate of drug-likeness (QED) is 0.382. The SMILES string of the molecule is CCNC(=NCc1c(C)nn(C)c1C)N1CCN(C(=O)C2CCCO2)CC1.I. The summed E-state index contributed by atoms with van der Waals surface area (Å²) in [6.45, 7) is 11.3. The van der Waals surface area contributed by atoms with Gasteiger partial charge in [-0.25, -0.2) is 4.99 Å². The number of hydrogen-bond donors (Lipinski definition) is 1. The number of aliphatic imine (C=N–C) groups is 1. The molecule has 1 atom stereocenters. The molecule has 0 radical (unpaired) electrons. The Morgan fingerprint density at radius 3 is 2.46 bits per heavy atom. The summed E-state index contributed by atoms with van der Waals surface area (Å²) in [5.41, 5.74) is 3.36. The summed E-state index contributed by atoms with van der Waals surface area (Å²) in [6.07, 6.45) is 1.61. The van der Waals surface area contributed by atoms with E-state index in [9.17, 15) is 4.79 Å². The van der Waals surface area contributed by atoms with Gasteiger partial charge in [-0.2, -0.15) is 5.10 Å². The maximum atomic E-state index is 12.5. The molecule has 0 aliphatic carbocycles. The smallest absolute Gasteiger partial charge is 0.251 e. The largest absolute Gasteiger partial charge is 0.368 e.